The summed E-state index contributed by atoms with van der Waals surface area (Å²) in [5.74, 6) is 0.567. The zero-order valence-electron chi connectivity index (χ0n) is 17.3. The van der Waals surface area contributed by atoms with E-state index in [1.807, 2.05) is 12.3 Å². The summed E-state index contributed by atoms with van der Waals surface area (Å²) in [5.41, 5.74) is 7.58. The Morgan fingerprint density at radius 2 is 2.03 bits per heavy atom. The first kappa shape index (κ1) is 19.3. The number of halogens is 1. The van der Waals surface area contributed by atoms with E-state index in [1.54, 1.807) is 0 Å². The molecular weight excluding hydrogens is 485 g/mol. The fourth-order valence-electron chi connectivity index (χ4n) is 4.50. The third kappa shape index (κ3) is 2.87. The molecule has 1 atom stereocenters. The molecule has 1 aliphatic heterocycles. The first-order valence-electron chi connectivity index (χ1n) is 10.2. The summed E-state index contributed by atoms with van der Waals surface area (Å²) in [6, 6.07) is 10.7. The molecular formula is C24H22IN5. The van der Waals surface area contributed by atoms with Gasteiger partial charge in [-0.25, -0.2) is 9.97 Å². The zero-order chi connectivity index (χ0) is 21.0. The van der Waals surface area contributed by atoms with Gasteiger partial charge in [-0.3, -0.25) is 4.40 Å². The lowest BCUT2D eigenvalue weighted by Gasteiger charge is -2.21. The van der Waals surface area contributed by atoms with Gasteiger partial charge in [-0.2, -0.15) is 5.26 Å². The number of fused-ring (bicyclic) bond motifs is 5. The fourth-order valence-corrected chi connectivity index (χ4v) is 5.01. The summed E-state index contributed by atoms with van der Waals surface area (Å²) in [6.45, 7) is 8.30. The minimum Gasteiger partial charge on any atom is -0.370 e. The highest BCUT2D eigenvalue weighted by Gasteiger charge is 2.26. The maximum atomic E-state index is 9.89. The van der Waals surface area contributed by atoms with E-state index >= 15 is 0 Å². The van der Waals surface area contributed by atoms with Crippen molar-refractivity contribution in [3.05, 3.63) is 56.8 Å². The molecule has 1 fully saturated rings. The van der Waals surface area contributed by atoms with Crippen molar-refractivity contribution in [2.75, 3.05) is 18.0 Å². The summed E-state index contributed by atoms with van der Waals surface area (Å²) >= 11 is 2.46. The highest BCUT2D eigenvalue weighted by atomic mass is 127. The standard InChI is InChI=1S/C24H22IN5/c1-4-19(25)16-6-8-29(13-16)21-5-7-27-24-18(21)11-17(12-26)23-28-20-9-14(2)15(3)10-22(20)30(23)24/h4-5,7,9-11,16H,6,8,13H2,1-3H3/b19-4+. The molecule has 3 aromatic heterocycles. The molecule has 0 radical (unpaired) electrons. The first-order valence-corrected chi connectivity index (χ1v) is 11.3. The van der Waals surface area contributed by atoms with Crippen LogP contribution in [0.3, 0.4) is 0 Å². The van der Waals surface area contributed by atoms with Gasteiger partial charge in [0.25, 0.3) is 0 Å². The highest BCUT2D eigenvalue weighted by molar-refractivity contribution is 14.1. The second-order valence-corrected chi connectivity index (χ2v) is 9.28. The van der Waals surface area contributed by atoms with E-state index in [4.69, 9.17) is 9.97 Å². The maximum Gasteiger partial charge on any atom is 0.157 e. The number of aromatic nitrogens is 3. The zero-order valence-corrected chi connectivity index (χ0v) is 19.4. The normalized spacial score (nSPS) is 17.4. The number of nitrogens with zero attached hydrogens (tertiary/aromatic N) is 5. The number of nitriles is 1. The van der Waals surface area contributed by atoms with Crippen LogP contribution in [0.15, 0.2) is 40.1 Å². The Morgan fingerprint density at radius 1 is 1.23 bits per heavy atom. The van der Waals surface area contributed by atoms with Crippen molar-refractivity contribution < 1.29 is 0 Å². The van der Waals surface area contributed by atoms with Crippen LogP contribution in [0.25, 0.3) is 27.7 Å². The molecule has 1 aromatic carbocycles. The predicted octanol–water partition coefficient (Wildman–Crippen LogP) is 5.69. The average Bonchev–Trinajstić information content (AvgIpc) is 3.38. The van der Waals surface area contributed by atoms with Crippen LogP contribution >= 0.6 is 22.6 Å². The minimum atomic E-state index is 0.567. The predicted molar refractivity (Wildman–Crippen MR) is 130 cm³/mol. The van der Waals surface area contributed by atoms with Crippen LogP contribution in [-0.4, -0.2) is 27.5 Å². The quantitative estimate of drug-likeness (QED) is 0.327. The minimum absolute atomic E-state index is 0.567. The molecule has 1 unspecified atom stereocenters. The van der Waals surface area contributed by atoms with E-state index in [2.05, 4.69) is 83.0 Å². The fraction of sp³-hybridized carbons (Fsp3) is 0.292. The molecule has 4 heterocycles. The third-order valence-electron chi connectivity index (χ3n) is 6.27. The van der Waals surface area contributed by atoms with E-state index in [1.165, 1.54) is 14.7 Å². The molecule has 4 aromatic rings. The van der Waals surface area contributed by atoms with Crippen LogP contribution in [-0.2, 0) is 0 Å². The van der Waals surface area contributed by atoms with Crippen molar-refractivity contribution in [1.29, 1.82) is 5.26 Å². The average molecular weight is 507 g/mol. The molecule has 0 bridgehead atoms. The largest absolute Gasteiger partial charge is 0.370 e. The third-order valence-corrected chi connectivity index (χ3v) is 7.78. The molecule has 0 saturated carbocycles. The van der Waals surface area contributed by atoms with Crippen molar-refractivity contribution in [3.63, 3.8) is 0 Å². The van der Waals surface area contributed by atoms with Gasteiger partial charge in [-0.1, -0.05) is 6.08 Å². The van der Waals surface area contributed by atoms with Crippen molar-refractivity contribution in [3.8, 4) is 6.07 Å². The molecule has 5 nitrogen and oxygen atoms in total. The lowest BCUT2D eigenvalue weighted by atomic mass is 10.1. The molecule has 30 heavy (non-hydrogen) atoms. The summed E-state index contributed by atoms with van der Waals surface area (Å²) in [7, 11) is 0. The van der Waals surface area contributed by atoms with Crippen LogP contribution in [0, 0.1) is 31.1 Å². The smallest absolute Gasteiger partial charge is 0.157 e. The number of benzene rings is 1. The molecule has 0 aliphatic carbocycles. The molecule has 0 N–H and O–H groups in total. The molecule has 0 spiro atoms. The van der Waals surface area contributed by atoms with Gasteiger partial charge in [-0.05, 0) is 88.8 Å². The molecule has 5 rings (SSSR count). The maximum absolute atomic E-state index is 9.89. The lowest BCUT2D eigenvalue weighted by Crippen LogP contribution is -2.20. The number of rotatable bonds is 2. The number of pyridine rings is 2. The Morgan fingerprint density at radius 3 is 2.80 bits per heavy atom. The monoisotopic (exact) mass is 507 g/mol. The van der Waals surface area contributed by atoms with Crippen molar-refractivity contribution in [2.45, 2.75) is 27.2 Å². The Kier molecular flexibility index (Phi) is 4.66. The summed E-state index contributed by atoms with van der Waals surface area (Å²) < 4.78 is 3.47. The first-order chi connectivity index (χ1) is 14.5. The highest BCUT2D eigenvalue weighted by Crippen LogP contribution is 2.36. The van der Waals surface area contributed by atoms with Gasteiger partial charge in [0.1, 0.15) is 11.7 Å². The van der Waals surface area contributed by atoms with Crippen LogP contribution in [0.4, 0.5) is 5.69 Å². The van der Waals surface area contributed by atoms with E-state index in [0.29, 0.717) is 17.1 Å². The van der Waals surface area contributed by atoms with Gasteiger partial charge in [-0.15, -0.1) is 0 Å². The van der Waals surface area contributed by atoms with Gasteiger partial charge in [0.05, 0.1) is 16.6 Å². The number of aryl methyl sites for hydroxylation is 2. The number of anilines is 1. The SMILES string of the molecule is C/C=C(/I)C1CCN(c2ccnc3c2cc(C#N)c2nc4cc(C)c(C)cc4n23)C1. The van der Waals surface area contributed by atoms with Crippen molar-refractivity contribution in [2.24, 2.45) is 5.92 Å². The van der Waals surface area contributed by atoms with Crippen LogP contribution in [0.1, 0.15) is 30.0 Å². The topological polar surface area (TPSA) is 57.2 Å². The number of imidazole rings is 1. The number of allylic oxidation sites excluding steroid dienone is 1. The van der Waals surface area contributed by atoms with Crippen molar-refractivity contribution >= 4 is 56.0 Å². The van der Waals surface area contributed by atoms with Crippen LogP contribution in [0.2, 0.25) is 0 Å². The Hall–Kier alpha value is -2.66. The summed E-state index contributed by atoms with van der Waals surface area (Å²) in [5, 5.41) is 10.9. The van der Waals surface area contributed by atoms with Crippen LogP contribution in [0.5, 0.6) is 0 Å². The summed E-state index contributed by atoms with van der Waals surface area (Å²) in [6.07, 6.45) is 5.23. The van der Waals surface area contributed by atoms with Crippen LogP contribution < -0.4 is 4.90 Å². The molecule has 0 amide bonds. The Bertz CT molecular complexity index is 1390. The van der Waals surface area contributed by atoms with Gasteiger partial charge >= 0.3 is 0 Å². The second kappa shape index (κ2) is 7.24. The lowest BCUT2D eigenvalue weighted by molar-refractivity contribution is 0.732. The van der Waals surface area contributed by atoms with E-state index < -0.39 is 0 Å². The molecule has 1 aliphatic rings. The number of hydrogen-bond acceptors (Lipinski definition) is 4. The number of hydrogen-bond donors (Lipinski definition) is 0. The van der Waals surface area contributed by atoms with Gasteiger partial charge in [0, 0.05) is 36.3 Å². The van der Waals surface area contributed by atoms with Gasteiger partial charge < -0.3 is 4.90 Å². The molecule has 150 valence electrons. The Balaban J connectivity index is 1.79. The van der Waals surface area contributed by atoms with Gasteiger partial charge in [0.15, 0.2) is 5.65 Å². The van der Waals surface area contributed by atoms with E-state index in [9.17, 15) is 5.26 Å². The van der Waals surface area contributed by atoms with E-state index in [0.717, 1.165) is 47.3 Å². The Labute approximate surface area is 189 Å². The van der Waals surface area contributed by atoms with Crippen molar-refractivity contribution in [1.82, 2.24) is 14.4 Å². The molecule has 1 saturated heterocycles. The second-order valence-electron chi connectivity index (χ2n) is 8.04. The molecule has 6 heteroatoms. The van der Waals surface area contributed by atoms with E-state index in [-0.39, 0.29) is 0 Å². The summed E-state index contributed by atoms with van der Waals surface area (Å²) in [4.78, 5) is 12.0. The van der Waals surface area contributed by atoms with Gasteiger partial charge in [0.2, 0.25) is 0 Å².